The molecule has 1 N–H and O–H groups in total. The molecule has 0 fully saturated rings. The van der Waals surface area contributed by atoms with Gasteiger partial charge in [0, 0.05) is 19.0 Å². The Bertz CT molecular complexity index is 911. The van der Waals surface area contributed by atoms with Crippen LogP contribution in [0.1, 0.15) is 11.4 Å². The maximum atomic E-state index is 12.5. The van der Waals surface area contributed by atoms with Gasteiger partial charge in [-0.25, -0.2) is 16.8 Å². The summed E-state index contributed by atoms with van der Waals surface area (Å²) in [6.07, 6.45) is 1.09. The Kier molecular flexibility index (Phi) is 4.05. The average molecular weight is 343 g/mol. The molecule has 0 amide bonds. The minimum absolute atomic E-state index is 0.127. The summed E-state index contributed by atoms with van der Waals surface area (Å²) in [4.78, 5) is 0.256. The molecule has 0 saturated heterocycles. The molecule has 1 aromatic heterocycles. The molecule has 7 nitrogen and oxygen atoms in total. The molecular formula is C13H17N3O4S2. The van der Waals surface area contributed by atoms with E-state index in [-0.39, 0.29) is 15.5 Å². The van der Waals surface area contributed by atoms with E-state index in [0.717, 1.165) is 6.26 Å². The molecule has 0 saturated carbocycles. The number of rotatable bonds is 4. The number of nitrogens with zero attached hydrogens (tertiary/aromatic N) is 2. The molecular weight excluding hydrogens is 326 g/mol. The first kappa shape index (κ1) is 16.5. The second kappa shape index (κ2) is 5.40. The summed E-state index contributed by atoms with van der Waals surface area (Å²) in [5.41, 5.74) is 1.22. The molecule has 0 aliphatic carbocycles. The lowest BCUT2D eigenvalue weighted by molar-refractivity contribution is 0.599. The summed E-state index contributed by atoms with van der Waals surface area (Å²) < 4.78 is 51.6. The molecule has 0 aliphatic heterocycles. The van der Waals surface area contributed by atoms with Crippen LogP contribution in [0.3, 0.4) is 0 Å². The summed E-state index contributed by atoms with van der Waals surface area (Å²) in [6.45, 7) is 3.29. The standard InChI is InChI=1S/C13H17N3O4S2/c1-9-13(10(2)16(3)14-9)22(19,20)15-11-5-7-12(8-6-11)21(4,17)18/h5-8,15H,1-4H3. The van der Waals surface area contributed by atoms with E-state index in [0.29, 0.717) is 11.4 Å². The van der Waals surface area contributed by atoms with Crippen LogP contribution in [0.4, 0.5) is 5.69 Å². The summed E-state index contributed by atoms with van der Waals surface area (Å²) in [5, 5.41) is 4.08. The van der Waals surface area contributed by atoms with Gasteiger partial charge in [0.05, 0.1) is 16.3 Å². The van der Waals surface area contributed by atoms with Gasteiger partial charge in [0.15, 0.2) is 9.84 Å². The van der Waals surface area contributed by atoms with Crippen LogP contribution in [0.2, 0.25) is 0 Å². The molecule has 1 heterocycles. The maximum Gasteiger partial charge on any atom is 0.265 e. The first-order valence-corrected chi connectivity index (χ1v) is 9.73. The highest BCUT2D eigenvalue weighted by molar-refractivity contribution is 7.92. The summed E-state index contributed by atoms with van der Waals surface area (Å²) >= 11 is 0. The highest BCUT2D eigenvalue weighted by Crippen LogP contribution is 2.22. The van der Waals surface area contributed by atoms with Gasteiger partial charge in [-0.15, -0.1) is 0 Å². The van der Waals surface area contributed by atoms with E-state index in [1.54, 1.807) is 20.9 Å². The van der Waals surface area contributed by atoms with Crippen molar-refractivity contribution in [3.05, 3.63) is 35.7 Å². The minimum Gasteiger partial charge on any atom is -0.280 e. The Hall–Kier alpha value is -1.87. The highest BCUT2D eigenvalue weighted by atomic mass is 32.2. The molecule has 2 aromatic rings. The van der Waals surface area contributed by atoms with Gasteiger partial charge in [-0.3, -0.25) is 9.40 Å². The first-order valence-electron chi connectivity index (χ1n) is 6.35. The monoisotopic (exact) mass is 343 g/mol. The van der Waals surface area contributed by atoms with E-state index in [4.69, 9.17) is 0 Å². The zero-order valence-corrected chi connectivity index (χ0v) is 14.3. The highest BCUT2D eigenvalue weighted by Gasteiger charge is 2.23. The predicted molar refractivity (Wildman–Crippen MR) is 83.0 cm³/mol. The van der Waals surface area contributed by atoms with Crippen molar-refractivity contribution >= 4 is 25.5 Å². The molecule has 120 valence electrons. The Labute approximate surface area is 129 Å². The quantitative estimate of drug-likeness (QED) is 0.900. The van der Waals surface area contributed by atoms with Crippen molar-refractivity contribution in [2.75, 3.05) is 11.0 Å². The predicted octanol–water partition coefficient (Wildman–Crippen LogP) is 1.24. The number of aromatic nitrogens is 2. The Morgan fingerprint density at radius 2 is 1.59 bits per heavy atom. The summed E-state index contributed by atoms with van der Waals surface area (Å²) in [5.74, 6) is 0. The van der Waals surface area contributed by atoms with Crippen LogP contribution in [-0.4, -0.2) is 32.9 Å². The van der Waals surface area contributed by atoms with Gasteiger partial charge in [0.25, 0.3) is 10.0 Å². The summed E-state index contributed by atoms with van der Waals surface area (Å²) in [6, 6.07) is 5.54. The number of anilines is 1. The number of nitrogens with one attached hydrogen (secondary N) is 1. The van der Waals surface area contributed by atoms with Gasteiger partial charge in [-0.2, -0.15) is 5.10 Å². The van der Waals surface area contributed by atoms with Crippen LogP contribution in [0.5, 0.6) is 0 Å². The number of hydrogen-bond donors (Lipinski definition) is 1. The molecule has 0 spiro atoms. The van der Waals surface area contributed by atoms with Crippen LogP contribution in [-0.2, 0) is 26.9 Å². The molecule has 0 bridgehead atoms. The summed E-state index contributed by atoms with van der Waals surface area (Å²) in [7, 11) is -5.43. The van der Waals surface area contributed by atoms with Crippen molar-refractivity contribution in [2.24, 2.45) is 7.05 Å². The largest absolute Gasteiger partial charge is 0.280 e. The number of benzene rings is 1. The van der Waals surface area contributed by atoms with Gasteiger partial charge < -0.3 is 0 Å². The van der Waals surface area contributed by atoms with Gasteiger partial charge >= 0.3 is 0 Å². The van der Waals surface area contributed by atoms with E-state index in [1.807, 2.05) is 0 Å². The van der Waals surface area contributed by atoms with E-state index < -0.39 is 19.9 Å². The third kappa shape index (κ3) is 3.14. The number of sulfonamides is 1. The third-order valence-corrected chi connectivity index (χ3v) is 6.01. The van der Waals surface area contributed by atoms with Gasteiger partial charge in [0.1, 0.15) is 4.90 Å². The van der Waals surface area contributed by atoms with Crippen LogP contribution in [0, 0.1) is 13.8 Å². The second-order valence-corrected chi connectivity index (χ2v) is 8.66. The molecule has 9 heteroatoms. The zero-order chi connectivity index (χ0) is 16.7. The Morgan fingerprint density at radius 3 is 2.00 bits per heavy atom. The van der Waals surface area contributed by atoms with Crippen molar-refractivity contribution in [1.29, 1.82) is 0 Å². The fourth-order valence-corrected chi connectivity index (χ4v) is 4.25. The Morgan fingerprint density at radius 1 is 1.05 bits per heavy atom. The average Bonchev–Trinajstić information content (AvgIpc) is 2.62. The molecule has 0 aliphatic rings. The topological polar surface area (TPSA) is 98.1 Å². The van der Waals surface area contributed by atoms with Crippen molar-refractivity contribution in [3.8, 4) is 0 Å². The Balaban J connectivity index is 2.37. The van der Waals surface area contributed by atoms with Crippen LogP contribution >= 0.6 is 0 Å². The normalized spacial score (nSPS) is 12.4. The molecule has 2 rings (SSSR count). The minimum atomic E-state index is -3.78. The third-order valence-electron chi connectivity index (χ3n) is 3.25. The number of sulfone groups is 1. The fourth-order valence-electron chi connectivity index (χ4n) is 2.12. The van der Waals surface area contributed by atoms with E-state index in [2.05, 4.69) is 9.82 Å². The van der Waals surface area contributed by atoms with Gasteiger partial charge in [0.2, 0.25) is 0 Å². The van der Waals surface area contributed by atoms with E-state index in [9.17, 15) is 16.8 Å². The van der Waals surface area contributed by atoms with Crippen LogP contribution < -0.4 is 4.72 Å². The van der Waals surface area contributed by atoms with Crippen LogP contribution in [0.15, 0.2) is 34.1 Å². The lowest BCUT2D eigenvalue weighted by atomic mass is 10.3. The molecule has 0 atom stereocenters. The lowest BCUT2D eigenvalue weighted by Gasteiger charge is -2.09. The number of aryl methyl sites for hydroxylation is 2. The molecule has 1 aromatic carbocycles. The van der Waals surface area contributed by atoms with Crippen molar-refractivity contribution in [3.63, 3.8) is 0 Å². The van der Waals surface area contributed by atoms with Gasteiger partial charge in [-0.05, 0) is 38.1 Å². The second-order valence-electron chi connectivity index (χ2n) is 5.03. The number of hydrogen-bond acceptors (Lipinski definition) is 5. The van der Waals surface area contributed by atoms with Gasteiger partial charge in [-0.1, -0.05) is 0 Å². The zero-order valence-electron chi connectivity index (χ0n) is 12.7. The lowest BCUT2D eigenvalue weighted by Crippen LogP contribution is -2.15. The molecule has 22 heavy (non-hydrogen) atoms. The van der Waals surface area contributed by atoms with Crippen LogP contribution in [0.25, 0.3) is 0 Å². The maximum absolute atomic E-state index is 12.5. The molecule has 0 radical (unpaired) electrons. The fraction of sp³-hybridized carbons (Fsp3) is 0.308. The van der Waals surface area contributed by atoms with Crippen molar-refractivity contribution in [1.82, 2.24) is 9.78 Å². The SMILES string of the molecule is Cc1nn(C)c(C)c1S(=O)(=O)Nc1ccc(S(C)(=O)=O)cc1. The van der Waals surface area contributed by atoms with Crippen molar-refractivity contribution in [2.45, 2.75) is 23.6 Å². The van der Waals surface area contributed by atoms with E-state index >= 15 is 0 Å². The first-order chi connectivity index (χ1) is 10.0. The smallest absolute Gasteiger partial charge is 0.265 e. The van der Waals surface area contributed by atoms with E-state index in [1.165, 1.54) is 28.9 Å². The van der Waals surface area contributed by atoms with Crippen molar-refractivity contribution < 1.29 is 16.8 Å². The molecule has 0 unspecified atom stereocenters.